The standard InChI is InChI=1S/C22H28N4O4S/c1-16-9-10-18-19(12-16)25-21(24-18)8-5-11-23-14-22(28)15-26(13-20(22)27)31(29,30)17-6-3-2-4-7-17/h2-4,6-7,9-10,12,20,23,27-28H,5,8,11,13-15H2,1H3,(H,24,25)/t20-,22+/m1/s1. The molecule has 0 amide bonds. The lowest BCUT2D eigenvalue weighted by atomic mass is 10.0. The summed E-state index contributed by atoms with van der Waals surface area (Å²) in [5.74, 6) is 0.905. The lowest BCUT2D eigenvalue weighted by Crippen LogP contribution is -2.50. The van der Waals surface area contributed by atoms with Crippen molar-refractivity contribution >= 4 is 21.1 Å². The molecule has 4 N–H and O–H groups in total. The zero-order chi connectivity index (χ0) is 22.1. The summed E-state index contributed by atoms with van der Waals surface area (Å²) in [6.45, 7) is 2.47. The number of hydrogen-bond acceptors (Lipinski definition) is 6. The maximum atomic E-state index is 12.8. The molecule has 2 heterocycles. The van der Waals surface area contributed by atoms with Crippen LogP contribution in [0.5, 0.6) is 0 Å². The van der Waals surface area contributed by atoms with Gasteiger partial charge in [0.25, 0.3) is 0 Å². The summed E-state index contributed by atoms with van der Waals surface area (Å²) in [6, 6.07) is 14.2. The monoisotopic (exact) mass is 444 g/mol. The van der Waals surface area contributed by atoms with Gasteiger partial charge in [-0.15, -0.1) is 0 Å². The molecule has 4 rings (SSSR count). The van der Waals surface area contributed by atoms with Crippen LogP contribution in [0.2, 0.25) is 0 Å². The Morgan fingerprint density at radius 2 is 2.03 bits per heavy atom. The van der Waals surface area contributed by atoms with Crippen molar-refractivity contribution in [1.29, 1.82) is 0 Å². The van der Waals surface area contributed by atoms with Gasteiger partial charge in [0.1, 0.15) is 11.4 Å². The van der Waals surface area contributed by atoms with E-state index in [0.717, 1.165) is 34.0 Å². The van der Waals surface area contributed by atoms with E-state index in [1.807, 2.05) is 19.1 Å². The van der Waals surface area contributed by atoms with Crippen molar-refractivity contribution in [2.24, 2.45) is 0 Å². The topological polar surface area (TPSA) is 119 Å². The first kappa shape index (κ1) is 21.9. The molecule has 3 aromatic rings. The molecular formula is C22H28N4O4S. The minimum absolute atomic E-state index is 0.105. The van der Waals surface area contributed by atoms with Gasteiger partial charge in [-0.2, -0.15) is 4.31 Å². The minimum Gasteiger partial charge on any atom is -0.389 e. The third-order valence-corrected chi connectivity index (χ3v) is 7.54. The van der Waals surface area contributed by atoms with Gasteiger partial charge < -0.3 is 20.5 Å². The van der Waals surface area contributed by atoms with Gasteiger partial charge in [-0.05, 0) is 49.7 Å². The van der Waals surface area contributed by atoms with Gasteiger partial charge in [-0.25, -0.2) is 13.4 Å². The van der Waals surface area contributed by atoms with E-state index in [1.165, 1.54) is 17.7 Å². The van der Waals surface area contributed by atoms with E-state index in [2.05, 4.69) is 21.4 Å². The molecule has 0 aliphatic carbocycles. The molecule has 9 heteroatoms. The molecule has 0 unspecified atom stereocenters. The van der Waals surface area contributed by atoms with Crippen molar-refractivity contribution in [3.8, 4) is 0 Å². The third-order valence-electron chi connectivity index (χ3n) is 5.71. The Balaban J connectivity index is 1.29. The summed E-state index contributed by atoms with van der Waals surface area (Å²) in [5, 5.41) is 24.3. The Hall–Kier alpha value is -2.30. The molecule has 2 atom stereocenters. The molecule has 1 aliphatic heterocycles. The molecule has 0 radical (unpaired) electrons. The lowest BCUT2D eigenvalue weighted by Gasteiger charge is -2.26. The third kappa shape index (κ3) is 4.65. The zero-order valence-electron chi connectivity index (χ0n) is 17.5. The molecule has 0 bridgehead atoms. The first-order valence-electron chi connectivity index (χ1n) is 10.4. The fourth-order valence-electron chi connectivity index (χ4n) is 3.92. The fourth-order valence-corrected chi connectivity index (χ4v) is 5.45. The Labute approximate surface area is 182 Å². The second kappa shape index (κ2) is 8.68. The molecule has 1 aromatic heterocycles. The number of imidazole rings is 1. The highest BCUT2D eigenvalue weighted by Gasteiger charge is 2.48. The number of H-pyrrole nitrogens is 1. The number of sulfonamides is 1. The molecule has 166 valence electrons. The van der Waals surface area contributed by atoms with Gasteiger partial charge >= 0.3 is 0 Å². The zero-order valence-corrected chi connectivity index (χ0v) is 18.3. The molecule has 0 saturated carbocycles. The second-order valence-electron chi connectivity index (χ2n) is 8.21. The van der Waals surface area contributed by atoms with Crippen molar-refractivity contribution in [3.05, 3.63) is 59.9 Å². The van der Waals surface area contributed by atoms with Crippen LogP contribution in [0.4, 0.5) is 0 Å². The number of aromatic amines is 1. The normalized spacial score (nSPS) is 22.4. The second-order valence-corrected chi connectivity index (χ2v) is 10.2. The van der Waals surface area contributed by atoms with Crippen LogP contribution in [-0.4, -0.2) is 70.8 Å². The highest BCUT2D eigenvalue weighted by molar-refractivity contribution is 7.89. The summed E-state index contributed by atoms with van der Waals surface area (Å²) in [6.07, 6.45) is 0.379. The Bertz CT molecular complexity index is 1150. The van der Waals surface area contributed by atoms with Crippen molar-refractivity contribution in [2.45, 2.75) is 36.4 Å². The van der Waals surface area contributed by atoms with Crippen LogP contribution in [0.15, 0.2) is 53.4 Å². The van der Waals surface area contributed by atoms with Crippen LogP contribution < -0.4 is 5.32 Å². The number of benzene rings is 2. The Morgan fingerprint density at radius 3 is 2.81 bits per heavy atom. The van der Waals surface area contributed by atoms with Crippen LogP contribution in [0.25, 0.3) is 11.0 Å². The van der Waals surface area contributed by atoms with Crippen LogP contribution in [0.1, 0.15) is 17.8 Å². The van der Waals surface area contributed by atoms with Gasteiger partial charge in [0.2, 0.25) is 10.0 Å². The van der Waals surface area contributed by atoms with Crippen molar-refractivity contribution in [1.82, 2.24) is 19.6 Å². The largest absolute Gasteiger partial charge is 0.389 e. The van der Waals surface area contributed by atoms with E-state index in [0.29, 0.717) is 6.54 Å². The smallest absolute Gasteiger partial charge is 0.243 e. The van der Waals surface area contributed by atoms with E-state index < -0.39 is 21.7 Å². The number of aliphatic hydroxyl groups is 2. The molecule has 1 saturated heterocycles. The van der Waals surface area contributed by atoms with Crippen LogP contribution in [0.3, 0.4) is 0 Å². The van der Waals surface area contributed by atoms with Gasteiger partial charge in [-0.3, -0.25) is 0 Å². The summed E-state index contributed by atoms with van der Waals surface area (Å²) >= 11 is 0. The average Bonchev–Trinajstić information content (AvgIpc) is 3.28. The number of aliphatic hydroxyl groups excluding tert-OH is 1. The molecule has 0 spiro atoms. The van der Waals surface area contributed by atoms with E-state index in [4.69, 9.17) is 0 Å². The molecule has 1 fully saturated rings. The number of nitrogens with one attached hydrogen (secondary N) is 2. The van der Waals surface area contributed by atoms with E-state index in [-0.39, 0.29) is 24.5 Å². The van der Waals surface area contributed by atoms with Crippen molar-refractivity contribution < 1.29 is 18.6 Å². The average molecular weight is 445 g/mol. The summed E-state index contributed by atoms with van der Waals surface area (Å²) in [7, 11) is -3.76. The highest BCUT2D eigenvalue weighted by Crippen LogP contribution is 2.27. The first-order valence-corrected chi connectivity index (χ1v) is 11.8. The van der Waals surface area contributed by atoms with Gasteiger partial charge in [0.05, 0.1) is 22.0 Å². The van der Waals surface area contributed by atoms with Gasteiger partial charge in [-0.1, -0.05) is 24.3 Å². The lowest BCUT2D eigenvalue weighted by molar-refractivity contribution is -0.0381. The molecule has 2 aromatic carbocycles. The highest BCUT2D eigenvalue weighted by atomic mass is 32.2. The first-order chi connectivity index (χ1) is 14.8. The van der Waals surface area contributed by atoms with Crippen LogP contribution >= 0.6 is 0 Å². The summed E-state index contributed by atoms with van der Waals surface area (Å²) < 4.78 is 26.7. The van der Waals surface area contributed by atoms with E-state index >= 15 is 0 Å². The fraction of sp³-hybridized carbons (Fsp3) is 0.409. The van der Waals surface area contributed by atoms with Gasteiger partial charge in [0, 0.05) is 26.1 Å². The number of aromatic nitrogens is 2. The van der Waals surface area contributed by atoms with Gasteiger partial charge in [0.15, 0.2) is 0 Å². The maximum absolute atomic E-state index is 12.8. The van der Waals surface area contributed by atoms with Crippen molar-refractivity contribution in [2.75, 3.05) is 26.2 Å². The number of rotatable bonds is 8. The molecular weight excluding hydrogens is 416 g/mol. The van der Waals surface area contributed by atoms with E-state index in [1.54, 1.807) is 18.2 Å². The Morgan fingerprint density at radius 1 is 1.26 bits per heavy atom. The number of β-amino-alcohol motifs (C(OH)–C–C–N with tert-alkyl or cyclic N) is 2. The Kier molecular flexibility index (Phi) is 6.14. The maximum Gasteiger partial charge on any atom is 0.243 e. The number of nitrogens with zero attached hydrogens (tertiary/aromatic N) is 2. The van der Waals surface area contributed by atoms with E-state index in [9.17, 15) is 18.6 Å². The quantitative estimate of drug-likeness (QED) is 0.388. The number of aryl methyl sites for hydroxylation is 2. The summed E-state index contributed by atoms with van der Waals surface area (Å²) in [5.41, 5.74) is 1.61. The molecule has 8 nitrogen and oxygen atoms in total. The SMILES string of the molecule is Cc1ccc2nc(CCCNC[C@]3(O)CN(S(=O)(=O)c4ccccc4)C[C@H]3O)[nH]c2c1. The predicted octanol–water partition coefficient (Wildman–Crippen LogP) is 1.19. The molecule has 31 heavy (non-hydrogen) atoms. The molecule has 1 aliphatic rings. The number of fused-ring (bicyclic) bond motifs is 1. The predicted molar refractivity (Wildman–Crippen MR) is 118 cm³/mol. The van der Waals surface area contributed by atoms with Crippen LogP contribution in [0, 0.1) is 6.92 Å². The summed E-state index contributed by atoms with van der Waals surface area (Å²) in [4.78, 5) is 8.05. The number of hydrogen-bond donors (Lipinski definition) is 4. The minimum atomic E-state index is -3.76. The van der Waals surface area contributed by atoms with Crippen molar-refractivity contribution in [3.63, 3.8) is 0 Å². The van der Waals surface area contributed by atoms with Crippen LogP contribution in [-0.2, 0) is 16.4 Å².